The highest BCUT2D eigenvalue weighted by atomic mass is 16.7. The van der Waals surface area contributed by atoms with Gasteiger partial charge in [-0.1, -0.05) is 0 Å². The molecule has 6 nitrogen and oxygen atoms in total. The van der Waals surface area contributed by atoms with E-state index in [-0.39, 0.29) is 19.0 Å². The summed E-state index contributed by atoms with van der Waals surface area (Å²) in [5.41, 5.74) is 0.683. The van der Waals surface area contributed by atoms with Gasteiger partial charge in [0.2, 0.25) is 0 Å². The number of rotatable bonds is 3. The fourth-order valence-corrected chi connectivity index (χ4v) is 1.76. The third kappa shape index (κ3) is 2.04. The molecule has 0 bridgehead atoms. The number of hydrogen-bond donors (Lipinski definition) is 2. The lowest BCUT2D eigenvalue weighted by molar-refractivity contribution is -0.147. The molecule has 1 unspecified atom stereocenters. The summed E-state index contributed by atoms with van der Waals surface area (Å²) in [6, 6.07) is 3.22. The summed E-state index contributed by atoms with van der Waals surface area (Å²) in [5.74, 6) is -0.539. The summed E-state index contributed by atoms with van der Waals surface area (Å²) in [6.45, 7) is 0.300. The predicted octanol–water partition coefficient (Wildman–Crippen LogP) is 0.680. The maximum absolute atomic E-state index is 10.9. The molecule has 1 aromatic rings. The fourth-order valence-electron chi connectivity index (χ4n) is 1.76. The highest BCUT2D eigenvalue weighted by Crippen LogP contribution is 2.37. The van der Waals surface area contributed by atoms with E-state index in [1.807, 2.05) is 0 Å². The highest BCUT2D eigenvalue weighted by Gasteiger charge is 2.28. The zero-order valence-electron chi connectivity index (χ0n) is 9.17. The number of methoxy groups -OCH3 is 1. The monoisotopic (exact) mass is 240 g/mol. The number of hydrogen-bond acceptors (Lipinski definition) is 5. The Kier molecular flexibility index (Phi) is 3.16. The molecule has 6 heteroatoms. The van der Waals surface area contributed by atoms with Crippen molar-refractivity contribution >= 4 is 5.97 Å². The molecule has 2 rings (SSSR count). The molecular weight excluding hydrogens is 228 g/mol. The molecule has 1 aliphatic rings. The second-order valence-electron chi connectivity index (χ2n) is 3.51. The molecule has 92 valence electrons. The Balaban J connectivity index is 2.55. The number of benzene rings is 1. The minimum Gasteiger partial charge on any atom is -0.496 e. The van der Waals surface area contributed by atoms with E-state index in [4.69, 9.17) is 19.3 Å². The lowest BCUT2D eigenvalue weighted by Crippen LogP contribution is -2.19. The van der Waals surface area contributed by atoms with Crippen LogP contribution in [0.4, 0.5) is 0 Å². The van der Waals surface area contributed by atoms with Gasteiger partial charge in [-0.15, -0.1) is 0 Å². The average molecular weight is 240 g/mol. The van der Waals surface area contributed by atoms with E-state index in [2.05, 4.69) is 0 Å². The van der Waals surface area contributed by atoms with Gasteiger partial charge in [-0.3, -0.25) is 0 Å². The number of carboxylic acids is 1. The van der Waals surface area contributed by atoms with Crippen LogP contribution in [0.5, 0.6) is 11.5 Å². The van der Waals surface area contributed by atoms with Crippen LogP contribution in [0.3, 0.4) is 0 Å². The van der Waals surface area contributed by atoms with Gasteiger partial charge in [0.05, 0.1) is 13.7 Å². The van der Waals surface area contributed by atoms with Gasteiger partial charge >= 0.3 is 5.97 Å². The van der Waals surface area contributed by atoms with Gasteiger partial charge in [0.15, 0.2) is 12.9 Å². The quantitative estimate of drug-likeness (QED) is 0.808. The van der Waals surface area contributed by atoms with Crippen molar-refractivity contribution in [2.45, 2.75) is 12.7 Å². The molecule has 1 aliphatic heterocycles. The summed E-state index contributed by atoms with van der Waals surface area (Å²) in [5, 5.41) is 18.5. The van der Waals surface area contributed by atoms with Crippen LogP contribution in [-0.2, 0) is 16.1 Å². The molecule has 1 atom stereocenters. The van der Waals surface area contributed by atoms with E-state index in [0.717, 1.165) is 0 Å². The summed E-state index contributed by atoms with van der Waals surface area (Å²) < 4.78 is 15.3. The van der Waals surface area contributed by atoms with Crippen LogP contribution in [-0.4, -0.2) is 30.1 Å². The summed E-state index contributed by atoms with van der Waals surface area (Å²) >= 11 is 0. The maximum Gasteiger partial charge on any atom is 0.337 e. The van der Waals surface area contributed by atoms with Crippen LogP contribution in [0.2, 0.25) is 0 Å². The Morgan fingerprint density at radius 3 is 2.94 bits per heavy atom. The van der Waals surface area contributed by atoms with Crippen LogP contribution in [0, 0.1) is 0 Å². The van der Waals surface area contributed by atoms with Crippen LogP contribution in [0.1, 0.15) is 17.2 Å². The zero-order valence-corrected chi connectivity index (χ0v) is 9.17. The van der Waals surface area contributed by atoms with E-state index in [0.29, 0.717) is 17.1 Å². The minimum absolute atomic E-state index is 0.113. The molecule has 0 spiro atoms. The Morgan fingerprint density at radius 2 is 2.29 bits per heavy atom. The normalized spacial score (nSPS) is 15.6. The smallest absolute Gasteiger partial charge is 0.337 e. The van der Waals surface area contributed by atoms with Gasteiger partial charge in [0, 0.05) is 11.1 Å². The molecular formula is C11H12O6. The molecule has 0 amide bonds. The molecule has 0 radical (unpaired) electrons. The number of carbonyl (C=O) groups is 1. The lowest BCUT2D eigenvalue weighted by atomic mass is 10.00. The summed E-state index contributed by atoms with van der Waals surface area (Å²) in [7, 11) is 1.41. The maximum atomic E-state index is 10.9. The second-order valence-corrected chi connectivity index (χ2v) is 3.51. The van der Waals surface area contributed by atoms with Gasteiger partial charge < -0.3 is 24.4 Å². The zero-order chi connectivity index (χ0) is 12.4. The van der Waals surface area contributed by atoms with E-state index < -0.39 is 12.1 Å². The van der Waals surface area contributed by atoms with Gasteiger partial charge in [0.25, 0.3) is 0 Å². The van der Waals surface area contributed by atoms with Gasteiger partial charge in [0.1, 0.15) is 11.5 Å². The molecule has 0 fully saturated rings. The van der Waals surface area contributed by atoms with Gasteiger partial charge in [-0.05, 0) is 12.1 Å². The molecule has 0 aliphatic carbocycles. The Bertz CT molecular complexity index is 442. The molecule has 17 heavy (non-hydrogen) atoms. The standard InChI is InChI=1S/C11H12O6/c1-15-8-3-2-7-6(4-16-5-17-7)9(8)10(12)11(13)14/h2-3,10,12H,4-5H2,1H3,(H,13,14). The van der Waals surface area contributed by atoms with Crippen molar-refractivity contribution in [3.05, 3.63) is 23.3 Å². The van der Waals surface area contributed by atoms with Crippen LogP contribution < -0.4 is 9.47 Å². The fraction of sp³-hybridized carbons (Fsp3) is 0.364. The predicted molar refractivity (Wildman–Crippen MR) is 55.9 cm³/mol. The lowest BCUT2D eigenvalue weighted by Gasteiger charge is -2.23. The van der Waals surface area contributed by atoms with Gasteiger partial charge in [-0.2, -0.15) is 0 Å². The van der Waals surface area contributed by atoms with Crippen molar-refractivity contribution in [2.24, 2.45) is 0 Å². The Hall–Kier alpha value is -1.79. The van der Waals surface area contributed by atoms with Crippen LogP contribution >= 0.6 is 0 Å². The van der Waals surface area contributed by atoms with Crippen LogP contribution in [0.15, 0.2) is 12.1 Å². The summed E-state index contributed by atoms with van der Waals surface area (Å²) in [6.07, 6.45) is -1.66. The summed E-state index contributed by atoms with van der Waals surface area (Å²) in [4.78, 5) is 10.9. The topological polar surface area (TPSA) is 85.2 Å². The molecule has 1 heterocycles. The van der Waals surface area contributed by atoms with Crippen molar-refractivity contribution in [1.29, 1.82) is 0 Å². The third-order valence-electron chi connectivity index (χ3n) is 2.55. The van der Waals surface area contributed by atoms with Crippen molar-refractivity contribution < 1.29 is 29.2 Å². The molecule has 0 saturated carbocycles. The van der Waals surface area contributed by atoms with Crippen LogP contribution in [0.25, 0.3) is 0 Å². The SMILES string of the molecule is COc1ccc2c(c1C(O)C(=O)O)COCO2. The van der Waals surface area contributed by atoms with E-state index in [9.17, 15) is 9.90 Å². The Morgan fingerprint density at radius 1 is 1.53 bits per heavy atom. The van der Waals surface area contributed by atoms with Crippen molar-refractivity contribution in [2.75, 3.05) is 13.9 Å². The second kappa shape index (κ2) is 4.60. The number of aliphatic hydroxyl groups is 1. The molecule has 1 aromatic carbocycles. The number of fused-ring (bicyclic) bond motifs is 1. The number of carboxylic acid groups (broad SMARTS) is 1. The molecule has 0 aromatic heterocycles. The van der Waals surface area contributed by atoms with E-state index >= 15 is 0 Å². The first-order valence-electron chi connectivity index (χ1n) is 4.96. The number of aliphatic hydroxyl groups excluding tert-OH is 1. The van der Waals surface area contributed by atoms with Gasteiger partial charge in [-0.25, -0.2) is 4.79 Å². The average Bonchev–Trinajstić information content (AvgIpc) is 2.36. The van der Waals surface area contributed by atoms with Crippen molar-refractivity contribution in [1.82, 2.24) is 0 Å². The first-order chi connectivity index (χ1) is 8.15. The van der Waals surface area contributed by atoms with E-state index in [1.54, 1.807) is 12.1 Å². The third-order valence-corrected chi connectivity index (χ3v) is 2.55. The van der Waals surface area contributed by atoms with E-state index in [1.165, 1.54) is 7.11 Å². The largest absolute Gasteiger partial charge is 0.496 e. The number of aliphatic carboxylic acids is 1. The van der Waals surface area contributed by atoms with Crippen molar-refractivity contribution in [3.63, 3.8) is 0 Å². The first kappa shape index (κ1) is 11.7. The van der Waals surface area contributed by atoms with Crippen molar-refractivity contribution in [3.8, 4) is 11.5 Å². The first-order valence-corrected chi connectivity index (χ1v) is 4.96. The number of ether oxygens (including phenoxy) is 3. The minimum atomic E-state index is -1.66. The molecule has 2 N–H and O–H groups in total. The Labute approximate surface area is 97.3 Å². The molecule has 0 saturated heterocycles. The highest BCUT2D eigenvalue weighted by molar-refractivity contribution is 5.76.